The van der Waals surface area contributed by atoms with Crippen molar-refractivity contribution in [1.82, 2.24) is 19.8 Å². The molecule has 0 unspecified atom stereocenters. The molecule has 20 heavy (non-hydrogen) atoms. The lowest BCUT2D eigenvalue weighted by atomic mass is 9.96. The van der Waals surface area contributed by atoms with Crippen molar-refractivity contribution in [2.24, 2.45) is 0 Å². The predicted molar refractivity (Wildman–Crippen MR) is 78.3 cm³/mol. The van der Waals surface area contributed by atoms with E-state index in [0.717, 1.165) is 21.4 Å². The Morgan fingerprint density at radius 3 is 2.65 bits per heavy atom. The number of benzene rings is 1. The molecule has 0 aliphatic rings. The largest absolute Gasteiger partial charge is 0.508 e. The summed E-state index contributed by atoms with van der Waals surface area (Å²) >= 11 is 1.50. The van der Waals surface area contributed by atoms with Gasteiger partial charge in [0.15, 0.2) is 5.82 Å². The summed E-state index contributed by atoms with van der Waals surface area (Å²) in [5.74, 6) is 1.15. The molecule has 5 nitrogen and oxygen atoms in total. The second-order valence-electron chi connectivity index (χ2n) is 5.77. The van der Waals surface area contributed by atoms with E-state index in [2.05, 4.69) is 36.1 Å². The third-order valence-electron chi connectivity index (χ3n) is 3.04. The molecule has 2 heterocycles. The minimum Gasteiger partial charge on any atom is -0.508 e. The van der Waals surface area contributed by atoms with Gasteiger partial charge in [-0.1, -0.05) is 50.3 Å². The quantitative estimate of drug-likeness (QED) is 0.787. The van der Waals surface area contributed by atoms with Crippen LogP contribution in [-0.4, -0.2) is 24.9 Å². The number of rotatable bonds is 2. The zero-order valence-corrected chi connectivity index (χ0v) is 12.5. The number of nitrogens with zero attached hydrogens (tertiary/aromatic N) is 4. The van der Waals surface area contributed by atoms with Gasteiger partial charge in [0.2, 0.25) is 4.96 Å². The first-order valence-corrected chi connectivity index (χ1v) is 7.25. The summed E-state index contributed by atoms with van der Waals surface area (Å²) in [5, 5.41) is 23.7. The number of hydrogen-bond donors (Lipinski definition) is 1. The molecular formula is C14H16N4OS. The number of phenolic OH excluding ortho intramolecular Hbond substituents is 1. The van der Waals surface area contributed by atoms with Crippen molar-refractivity contribution in [2.75, 3.05) is 0 Å². The molecule has 0 saturated carbocycles. The van der Waals surface area contributed by atoms with Gasteiger partial charge in [0, 0.05) is 17.4 Å². The molecule has 0 radical (unpaired) electrons. The monoisotopic (exact) mass is 288 g/mol. The maximum absolute atomic E-state index is 9.82. The minimum absolute atomic E-state index is 0.0976. The predicted octanol–water partition coefficient (Wildman–Crippen LogP) is 2.78. The van der Waals surface area contributed by atoms with Crippen molar-refractivity contribution in [1.29, 1.82) is 0 Å². The molecule has 3 aromatic rings. The molecule has 6 heteroatoms. The van der Waals surface area contributed by atoms with E-state index in [-0.39, 0.29) is 5.41 Å². The number of fused-ring (bicyclic) bond motifs is 1. The zero-order chi connectivity index (χ0) is 14.3. The summed E-state index contributed by atoms with van der Waals surface area (Å²) in [6.07, 6.45) is 0.601. The fourth-order valence-electron chi connectivity index (χ4n) is 2.02. The Morgan fingerprint density at radius 2 is 1.95 bits per heavy atom. The average Bonchev–Trinajstić information content (AvgIpc) is 2.90. The maximum atomic E-state index is 9.82. The highest BCUT2D eigenvalue weighted by molar-refractivity contribution is 7.16. The van der Waals surface area contributed by atoms with Crippen LogP contribution in [0.4, 0.5) is 0 Å². The molecule has 0 amide bonds. The van der Waals surface area contributed by atoms with Crippen molar-refractivity contribution in [3.8, 4) is 5.75 Å². The van der Waals surface area contributed by atoms with Gasteiger partial charge in [0.25, 0.3) is 0 Å². The lowest BCUT2D eigenvalue weighted by Gasteiger charge is -2.13. The van der Waals surface area contributed by atoms with Crippen LogP contribution in [0.15, 0.2) is 24.3 Å². The third-order valence-corrected chi connectivity index (χ3v) is 3.94. The van der Waals surface area contributed by atoms with Gasteiger partial charge in [-0.3, -0.25) is 0 Å². The zero-order valence-electron chi connectivity index (χ0n) is 11.7. The average molecular weight is 288 g/mol. The molecule has 104 valence electrons. The van der Waals surface area contributed by atoms with Gasteiger partial charge in [-0.05, 0) is 6.07 Å². The van der Waals surface area contributed by atoms with Crippen molar-refractivity contribution in [3.63, 3.8) is 0 Å². The summed E-state index contributed by atoms with van der Waals surface area (Å²) in [5.41, 5.74) is 0.773. The molecular weight excluding hydrogens is 272 g/mol. The van der Waals surface area contributed by atoms with Crippen LogP contribution >= 0.6 is 11.3 Å². The lowest BCUT2D eigenvalue weighted by molar-refractivity contribution is 0.469. The SMILES string of the molecule is CC(C)(C)c1nnc2sc(Cc3ccccc3O)nn12. The summed E-state index contributed by atoms with van der Waals surface area (Å²) in [7, 11) is 0. The van der Waals surface area contributed by atoms with E-state index < -0.39 is 0 Å². The van der Waals surface area contributed by atoms with Crippen LogP contribution < -0.4 is 0 Å². The Hall–Kier alpha value is -1.95. The van der Waals surface area contributed by atoms with E-state index in [9.17, 15) is 5.11 Å². The van der Waals surface area contributed by atoms with E-state index in [1.54, 1.807) is 10.6 Å². The summed E-state index contributed by atoms with van der Waals surface area (Å²) in [4.78, 5) is 0.792. The molecule has 0 bridgehead atoms. The summed E-state index contributed by atoms with van der Waals surface area (Å²) in [6.45, 7) is 6.27. The summed E-state index contributed by atoms with van der Waals surface area (Å²) in [6, 6.07) is 7.32. The Bertz CT molecular complexity index is 754. The van der Waals surface area contributed by atoms with Gasteiger partial charge in [-0.15, -0.1) is 10.2 Å². The van der Waals surface area contributed by atoms with Crippen molar-refractivity contribution < 1.29 is 5.11 Å². The van der Waals surface area contributed by atoms with Crippen molar-refractivity contribution in [2.45, 2.75) is 32.6 Å². The van der Waals surface area contributed by atoms with E-state index in [1.807, 2.05) is 18.2 Å². The second kappa shape index (κ2) is 4.56. The highest BCUT2D eigenvalue weighted by Gasteiger charge is 2.23. The van der Waals surface area contributed by atoms with E-state index >= 15 is 0 Å². The molecule has 0 fully saturated rings. The first-order valence-electron chi connectivity index (χ1n) is 6.43. The van der Waals surface area contributed by atoms with Gasteiger partial charge in [-0.2, -0.15) is 9.61 Å². The van der Waals surface area contributed by atoms with Crippen LogP contribution in [0.5, 0.6) is 5.75 Å². The topological polar surface area (TPSA) is 63.3 Å². The van der Waals surface area contributed by atoms with E-state index in [4.69, 9.17) is 0 Å². The molecule has 3 rings (SSSR count). The van der Waals surface area contributed by atoms with Gasteiger partial charge in [-0.25, -0.2) is 0 Å². The Kier molecular flexibility index (Phi) is 2.97. The number of aromatic hydroxyl groups is 1. The smallest absolute Gasteiger partial charge is 0.234 e. The second-order valence-corrected chi connectivity index (χ2v) is 6.81. The van der Waals surface area contributed by atoms with Crippen LogP contribution in [-0.2, 0) is 11.8 Å². The molecule has 0 atom stereocenters. The molecule has 0 spiro atoms. The summed E-state index contributed by atoms with van der Waals surface area (Å²) < 4.78 is 1.81. The molecule has 0 aliphatic heterocycles. The van der Waals surface area contributed by atoms with Gasteiger partial charge in [0.1, 0.15) is 10.8 Å². The molecule has 1 N–H and O–H groups in total. The van der Waals surface area contributed by atoms with Crippen LogP contribution in [0.1, 0.15) is 37.2 Å². The van der Waals surface area contributed by atoms with Crippen molar-refractivity contribution in [3.05, 3.63) is 40.7 Å². The highest BCUT2D eigenvalue weighted by atomic mass is 32.1. The molecule has 0 saturated heterocycles. The Labute approximate surface area is 120 Å². The van der Waals surface area contributed by atoms with Gasteiger partial charge < -0.3 is 5.11 Å². The molecule has 1 aromatic carbocycles. The first kappa shape index (κ1) is 13.1. The standard InChI is InChI=1S/C14H16N4OS/c1-14(2,3)12-15-16-13-18(12)17-11(20-13)8-9-6-4-5-7-10(9)19/h4-7,19H,8H2,1-3H3. The van der Waals surface area contributed by atoms with E-state index in [0.29, 0.717) is 12.2 Å². The molecule has 2 aromatic heterocycles. The van der Waals surface area contributed by atoms with Crippen LogP contribution in [0.25, 0.3) is 4.96 Å². The highest BCUT2D eigenvalue weighted by Crippen LogP contribution is 2.26. The third kappa shape index (κ3) is 2.27. The van der Waals surface area contributed by atoms with E-state index in [1.165, 1.54) is 11.3 Å². The fourth-order valence-corrected chi connectivity index (χ4v) is 2.88. The van der Waals surface area contributed by atoms with Crippen molar-refractivity contribution >= 4 is 16.3 Å². The lowest BCUT2D eigenvalue weighted by Crippen LogP contribution is -2.16. The van der Waals surface area contributed by atoms with Crippen LogP contribution in [0.2, 0.25) is 0 Å². The Balaban J connectivity index is 1.98. The number of phenols is 1. The van der Waals surface area contributed by atoms with Gasteiger partial charge >= 0.3 is 0 Å². The normalized spacial score (nSPS) is 12.2. The fraction of sp³-hybridized carbons (Fsp3) is 0.357. The number of para-hydroxylation sites is 1. The minimum atomic E-state index is -0.0976. The number of hydrogen-bond acceptors (Lipinski definition) is 5. The van der Waals surface area contributed by atoms with Gasteiger partial charge in [0.05, 0.1) is 0 Å². The molecule has 0 aliphatic carbocycles. The maximum Gasteiger partial charge on any atom is 0.234 e. The Morgan fingerprint density at radius 1 is 1.20 bits per heavy atom. The number of aromatic nitrogens is 4. The van der Waals surface area contributed by atoms with Crippen LogP contribution in [0, 0.1) is 0 Å². The van der Waals surface area contributed by atoms with Crippen LogP contribution in [0.3, 0.4) is 0 Å². The first-order chi connectivity index (χ1) is 9.45.